The van der Waals surface area contributed by atoms with Crippen LogP contribution in [0.15, 0.2) is 24.3 Å². The van der Waals surface area contributed by atoms with Gasteiger partial charge in [0.2, 0.25) is 5.91 Å². The van der Waals surface area contributed by atoms with Crippen molar-refractivity contribution in [2.75, 3.05) is 11.9 Å². The van der Waals surface area contributed by atoms with Gasteiger partial charge in [0, 0.05) is 11.8 Å². The maximum absolute atomic E-state index is 12.5. The number of thiocarbonyl (C=S) groups is 1. The molecular weight excluding hydrogens is 272 g/mol. The molecule has 5 heteroatoms. The van der Waals surface area contributed by atoms with Crippen molar-refractivity contribution < 1.29 is 9.53 Å². The molecule has 0 aliphatic heterocycles. The van der Waals surface area contributed by atoms with Crippen LogP contribution in [0, 0.1) is 11.3 Å². The molecule has 1 aromatic rings. The Hall–Kier alpha value is -1.62. The smallest absolute Gasteiger partial charge is 0.237 e. The number of nitrogens with one attached hydrogen (secondary N) is 1. The van der Waals surface area contributed by atoms with Gasteiger partial charge in [0.25, 0.3) is 0 Å². The molecule has 1 fully saturated rings. The Morgan fingerprint density at radius 3 is 2.80 bits per heavy atom. The van der Waals surface area contributed by atoms with Gasteiger partial charge in [0.1, 0.15) is 5.75 Å². The highest BCUT2D eigenvalue weighted by Gasteiger charge is 2.50. The van der Waals surface area contributed by atoms with Gasteiger partial charge in [-0.2, -0.15) is 0 Å². The summed E-state index contributed by atoms with van der Waals surface area (Å²) in [7, 11) is 0. The molecule has 0 spiro atoms. The number of ether oxygens (including phenoxy) is 1. The van der Waals surface area contributed by atoms with Crippen LogP contribution in [0.2, 0.25) is 0 Å². The summed E-state index contributed by atoms with van der Waals surface area (Å²) in [6.45, 7) is 4.61. The standard InChI is InChI=1S/C15H20N2O2S/c1-3-19-12-6-4-5-11(7-12)17-14(18)15(13(16)20)8-10(2)9-15/h4-7,10H,3,8-9H2,1-2H3,(H2,16,20)(H,17,18). The van der Waals surface area contributed by atoms with Crippen LogP contribution >= 0.6 is 12.2 Å². The number of carbonyl (C=O) groups is 1. The molecule has 0 saturated heterocycles. The summed E-state index contributed by atoms with van der Waals surface area (Å²) in [5.74, 6) is 1.10. The molecule has 1 amide bonds. The van der Waals surface area contributed by atoms with Crippen LogP contribution in [0.3, 0.4) is 0 Å². The van der Waals surface area contributed by atoms with Crippen molar-refractivity contribution in [2.24, 2.45) is 17.1 Å². The summed E-state index contributed by atoms with van der Waals surface area (Å²) in [4.78, 5) is 12.7. The summed E-state index contributed by atoms with van der Waals surface area (Å²) in [6.07, 6.45) is 1.44. The lowest BCUT2D eigenvalue weighted by atomic mass is 9.62. The van der Waals surface area contributed by atoms with Crippen molar-refractivity contribution in [1.29, 1.82) is 0 Å². The van der Waals surface area contributed by atoms with Crippen molar-refractivity contribution in [2.45, 2.75) is 26.7 Å². The lowest BCUT2D eigenvalue weighted by Gasteiger charge is -2.44. The first-order valence-electron chi connectivity index (χ1n) is 6.82. The Morgan fingerprint density at radius 1 is 1.55 bits per heavy atom. The fourth-order valence-corrected chi connectivity index (χ4v) is 2.97. The largest absolute Gasteiger partial charge is 0.494 e. The fraction of sp³-hybridized carbons (Fsp3) is 0.467. The van der Waals surface area contributed by atoms with E-state index < -0.39 is 5.41 Å². The monoisotopic (exact) mass is 292 g/mol. The van der Waals surface area contributed by atoms with E-state index >= 15 is 0 Å². The van der Waals surface area contributed by atoms with Gasteiger partial charge in [0.05, 0.1) is 17.0 Å². The number of hydrogen-bond acceptors (Lipinski definition) is 3. The van der Waals surface area contributed by atoms with Gasteiger partial charge in [0.15, 0.2) is 0 Å². The van der Waals surface area contributed by atoms with E-state index in [1.807, 2.05) is 25.1 Å². The van der Waals surface area contributed by atoms with Gasteiger partial charge in [-0.3, -0.25) is 4.79 Å². The SMILES string of the molecule is CCOc1cccc(NC(=O)C2(C(N)=S)CC(C)C2)c1. The lowest BCUT2D eigenvalue weighted by Crippen LogP contribution is -2.53. The molecule has 0 bridgehead atoms. The number of amides is 1. The van der Waals surface area contributed by atoms with Crippen LogP contribution in [0.1, 0.15) is 26.7 Å². The zero-order chi connectivity index (χ0) is 14.8. The summed E-state index contributed by atoms with van der Waals surface area (Å²) < 4.78 is 5.42. The Labute approximate surface area is 124 Å². The van der Waals surface area contributed by atoms with Crippen LogP contribution in [-0.4, -0.2) is 17.5 Å². The fourth-order valence-electron chi connectivity index (χ4n) is 2.71. The molecule has 0 unspecified atom stereocenters. The number of anilines is 1. The quantitative estimate of drug-likeness (QED) is 0.819. The molecule has 0 radical (unpaired) electrons. The van der Waals surface area contributed by atoms with Crippen LogP contribution < -0.4 is 15.8 Å². The minimum Gasteiger partial charge on any atom is -0.494 e. The number of carbonyl (C=O) groups excluding carboxylic acids is 1. The van der Waals surface area contributed by atoms with Crippen LogP contribution in [0.5, 0.6) is 5.75 Å². The number of rotatable bonds is 5. The van der Waals surface area contributed by atoms with E-state index in [-0.39, 0.29) is 10.9 Å². The number of benzene rings is 1. The predicted molar refractivity (Wildman–Crippen MR) is 83.9 cm³/mol. The van der Waals surface area contributed by atoms with Crippen molar-refractivity contribution >= 4 is 28.8 Å². The minimum absolute atomic E-state index is 0.114. The van der Waals surface area contributed by atoms with Gasteiger partial charge >= 0.3 is 0 Å². The molecule has 1 saturated carbocycles. The third-order valence-electron chi connectivity index (χ3n) is 3.70. The second-order valence-electron chi connectivity index (χ2n) is 5.37. The maximum Gasteiger partial charge on any atom is 0.237 e. The van der Waals surface area contributed by atoms with E-state index in [9.17, 15) is 4.79 Å². The van der Waals surface area contributed by atoms with Crippen LogP contribution in [0.4, 0.5) is 5.69 Å². The minimum atomic E-state index is -0.684. The highest BCUT2D eigenvalue weighted by Crippen LogP contribution is 2.46. The molecule has 0 heterocycles. The molecule has 0 aromatic heterocycles. The molecule has 3 N–H and O–H groups in total. The Balaban J connectivity index is 2.11. The van der Waals surface area contributed by atoms with Gasteiger partial charge in [-0.25, -0.2) is 0 Å². The molecule has 1 aliphatic carbocycles. The van der Waals surface area contributed by atoms with E-state index in [1.165, 1.54) is 0 Å². The number of hydrogen-bond donors (Lipinski definition) is 2. The Bertz CT molecular complexity index is 524. The molecule has 4 nitrogen and oxygen atoms in total. The molecular formula is C15H20N2O2S. The second kappa shape index (κ2) is 5.79. The third kappa shape index (κ3) is 2.77. The van der Waals surface area contributed by atoms with Crippen molar-refractivity contribution in [3.63, 3.8) is 0 Å². The summed E-state index contributed by atoms with van der Waals surface area (Å²) >= 11 is 5.09. The molecule has 1 aromatic carbocycles. The normalized spacial score (nSPS) is 24.6. The molecule has 20 heavy (non-hydrogen) atoms. The van der Waals surface area contributed by atoms with Crippen molar-refractivity contribution in [1.82, 2.24) is 0 Å². The van der Waals surface area contributed by atoms with E-state index in [2.05, 4.69) is 12.2 Å². The third-order valence-corrected chi connectivity index (χ3v) is 4.09. The average molecular weight is 292 g/mol. The summed E-state index contributed by atoms with van der Waals surface area (Å²) in [5.41, 5.74) is 5.79. The molecule has 108 valence electrons. The van der Waals surface area contributed by atoms with Crippen molar-refractivity contribution in [3.05, 3.63) is 24.3 Å². The van der Waals surface area contributed by atoms with E-state index in [1.54, 1.807) is 6.07 Å². The molecule has 1 aliphatic rings. The highest BCUT2D eigenvalue weighted by molar-refractivity contribution is 7.80. The Morgan fingerprint density at radius 2 is 2.25 bits per heavy atom. The van der Waals surface area contributed by atoms with Gasteiger partial charge in [-0.05, 0) is 37.8 Å². The van der Waals surface area contributed by atoms with E-state index in [4.69, 9.17) is 22.7 Å². The van der Waals surface area contributed by atoms with Crippen molar-refractivity contribution in [3.8, 4) is 5.75 Å². The topological polar surface area (TPSA) is 64.3 Å². The Kier molecular flexibility index (Phi) is 4.28. The van der Waals surface area contributed by atoms with Gasteiger partial charge < -0.3 is 15.8 Å². The first kappa shape index (κ1) is 14.8. The predicted octanol–water partition coefficient (Wildman–Crippen LogP) is 2.73. The zero-order valence-corrected chi connectivity index (χ0v) is 12.6. The lowest BCUT2D eigenvalue weighted by molar-refractivity contribution is -0.127. The van der Waals surface area contributed by atoms with Crippen LogP contribution in [-0.2, 0) is 4.79 Å². The first-order chi connectivity index (χ1) is 9.48. The molecule has 2 rings (SSSR count). The summed E-state index contributed by atoms with van der Waals surface area (Å²) in [5, 5.41) is 2.90. The highest BCUT2D eigenvalue weighted by atomic mass is 32.1. The van der Waals surface area contributed by atoms with E-state index in [0.717, 1.165) is 18.6 Å². The van der Waals surface area contributed by atoms with E-state index in [0.29, 0.717) is 18.2 Å². The number of nitrogens with two attached hydrogens (primary N) is 1. The zero-order valence-electron chi connectivity index (χ0n) is 11.8. The van der Waals surface area contributed by atoms with Crippen LogP contribution in [0.25, 0.3) is 0 Å². The maximum atomic E-state index is 12.5. The summed E-state index contributed by atoms with van der Waals surface area (Å²) in [6, 6.07) is 7.33. The average Bonchev–Trinajstić information content (AvgIpc) is 2.35. The van der Waals surface area contributed by atoms with Gasteiger partial charge in [-0.15, -0.1) is 0 Å². The first-order valence-corrected chi connectivity index (χ1v) is 7.23. The second-order valence-corrected chi connectivity index (χ2v) is 5.81. The van der Waals surface area contributed by atoms with Gasteiger partial charge in [-0.1, -0.05) is 25.2 Å². The molecule has 0 atom stereocenters.